The van der Waals surface area contributed by atoms with Crippen LogP contribution in [0, 0.1) is 5.82 Å². The molecule has 0 saturated heterocycles. The lowest BCUT2D eigenvalue weighted by atomic mass is 10.3. The number of hydrogen-bond donors (Lipinski definition) is 1. The van der Waals surface area contributed by atoms with E-state index < -0.39 is 21.6 Å². The van der Waals surface area contributed by atoms with Gasteiger partial charge in [-0.3, -0.25) is 10.1 Å². The zero-order valence-corrected chi connectivity index (χ0v) is 17.1. The second-order valence-corrected chi connectivity index (χ2v) is 9.97. The summed E-state index contributed by atoms with van der Waals surface area (Å²) in [4.78, 5) is 12.0. The quantitative estimate of drug-likeness (QED) is 0.519. The van der Waals surface area contributed by atoms with Crippen LogP contribution in [0.25, 0.3) is 11.5 Å². The Balaban J connectivity index is 1.54. The van der Waals surface area contributed by atoms with E-state index in [0.29, 0.717) is 14.2 Å². The molecule has 0 bridgehead atoms. The van der Waals surface area contributed by atoms with Crippen molar-refractivity contribution in [1.29, 1.82) is 0 Å². The van der Waals surface area contributed by atoms with E-state index in [-0.39, 0.29) is 35.4 Å². The molecular weight excluding hydrogens is 452 g/mol. The Labute approximate surface area is 173 Å². The number of halogens is 3. The van der Waals surface area contributed by atoms with E-state index in [4.69, 9.17) is 27.6 Å². The molecule has 7 nitrogen and oxygen atoms in total. The summed E-state index contributed by atoms with van der Waals surface area (Å²) >= 11 is 13.0. The van der Waals surface area contributed by atoms with Crippen LogP contribution in [0.2, 0.25) is 8.67 Å². The molecule has 1 N–H and O–H groups in total. The predicted octanol–water partition coefficient (Wildman–Crippen LogP) is 4.44. The molecule has 12 heteroatoms. The van der Waals surface area contributed by atoms with E-state index in [1.807, 2.05) is 0 Å². The summed E-state index contributed by atoms with van der Waals surface area (Å²) in [7, 11) is -3.60. The monoisotopic (exact) mass is 463 g/mol. The standard InChI is InChI=1S/C16H12Cl2FN3O4S2/c17-12-8-11(14(18)27-12)15-21-22-16(26-15)20-13(23)2-1-7-28(24,25)10-5-3-9(19)4-6-10/h3-6,8H,1-2,7H2,(H,20,22,23). The number of nitrogens with zero attached hydrogens (tertiary/aromatic N) is 2. The minimum Gasteiger partial charge on any atom is -0.403 e. The smallest absolute Gasteiger partial charge is 0.322 e. The average Bonchev–Trinajstić information content (AvgIpc) is 3.20. The number of benzene rings is 1. The summed E-state index contributed by atoms with van der Waals surface area (Å²) < 4.78 is 43.4. The SMILES string of the molecule is O=C(CCCS(=O)(=O)c1ccc(F)cc1)Nc1nnc(-c2cc(Cl)sc2Cl)o1. The van der Waals surface area contributed by atoms with Gasteiger partial charge in [0.15, 0.2) is 9.84 Å². The van der Waals surface area contributed by atoms with Crippen molar-refractivity contribution in [1.82, 2.24) is 10.2 Å². The van der Waals surface area contributed by atoms with Crippen molar-refractivity contribution in [2.24, 2.45) is 0 Å². The highest BCUT2D eigenvalue weighted by atomic mass is 35.5. The highest BCUT2D eigenvalue weighted by Gasteiger charge is 2.18. The molecule has 0 aliphatic carbocycles. The summed E-state index contributed by atoms with van der Waals surface area (Å²) in [6, 6.07) is 5.94. The lowest BCUT2D eigenvalue weighted by Crippen LogP contribution is -2.14. The van der Waals surface area contributed by atoms with E-state index in [9.17, 15) is 17.6 Å². The molecule has 0 unspecified atom stereocenters. The first-order valence-electron chi connectivity index (χ1n) is 7.81. The fraction of sp³-hybridized carbons (Fsp3) is 0.188. The third-order valence-corrected chi connectivity index (χ3v) is 6.85. The Morgan fingerprint density at radius 2 is 1.93 bits per heavy atom. The van der Waals surface area contributed by atoms with Crippen molar-refractivity contribution < 1.29 is 22.0 Å². The number of nitrogens with one attached hydrogen (secondary N) is 1. The van der Waals surface area contributed by atoms with Gasteiger partial charge in [-0.05, 0) is 36.8 Å². The molecule has 0 spiro atoms. The van der Waals surface area contributed by atoms with Gasteiger partial charge in [0.05, 0.1) is 20.5 Å². The zero-order valence-electron chi connectivity index (χ0n) is 14.0. The highest BCUT2D eigenvalue weighted by molar-refractivity contribution is 7.91. The summed E-state index contributed by atoms with van der Waals surface area (Å²) in [5.74, 6) is -1.17. The van der Waals surface area contributed by atoms with Gasteiger partial charge in [-0.25, -0.2) is 12.8 Å². The van der Waals surface area contributed by atoms with Gasteiger partial charge in [0, 0.05) is 6.42 Å². The number of anilines is 1. The Morgan fingerprint density at radius 1 is 1.21 bits per heavy atom. The molecule has 2 aromatic heterocycles. The molecule has 1 amide bonds. The molecule has 0 atom stereocenters. The van der Waals surface area contributed by atoms with Gasteiger partial charge in [0.1, 0.15) is 10.2 Å². The first-order chi connectivity index (χ1) is 13.2. The van der Waals surface area contributed by atoms with E-state index in [1.165, 1.54) is 12.1 Å². The zero-order chi connectivity index (χ0) is 20.3. The number of amides is 1. The average molecular weight is 464 g/mol. The molecular formula is C16H12Cl2FN3O4S2. The van der Waals surface area contributed by atoms with Crippen LogP contribution in [0.1, 0.15) is 12.8 Å². The van der Waals surface area contributed by atoms with E-state index in [0.717, 1.165) is 23.5 Å². The molecule has 0 fully saturated rings. The normalized spacial score (nSPS) is 11.5. The summed E-state index contributed by atoms with van der Waals surface area (Å²) in [6.07, 6.45) is -0.0122. The van der Waals surface area contributed by atoms with Gasteiger partial charge in [-0.2, -0.15) is 0 Å². The van der Waals surface area contributed by atoms with Crippen LogP contribution >= 0.6 is 34.5 Å². The first kappa shape index (κ1) is 20.7. The molecule has 0 aliphatic heterocycles. The third kappa shape index (κ3) is 5.07. The van der Waals surface area contributed by atoms with Gasteiger partial charge >= 0.3 is 6.01 Å². The third-order valence-electron chi connectivity index (χ3n) is 3.55. The number of hydrogen-bond acceptors (Lipinski definition) is 7. The molecule has 28 heavy (non-hydrogen) atoms. The highest BCUT2D eigenvalue weighted by Crippen LogP contribution is 2.37. The molecule has 1 aromatic carbocycles. The summed E-state index contributed by atoms with van der Waals surface area (Å²) in [6.45, 7) is 0. The van der Waals surface area contributed by atoms with Gasteiger partial charge < -0.3 is 4.42 Å². The van der Waals surface area contributed by atoms with Crippen LogP contribution in [0.4, 0.5) is 10.4 Å². The van der Waals surface area contributed by atoms with Crippen LogP contribution in [0.5, 0.6) is 0 Å². The lowest BCUT2D eigenvalue weighted by Gasteiger charge is -2.04. The number of carbonyl (C=O) groups excluding carboxylic acids is 1. The maximum atomic E-state index is 12.9. The number of aromatic nitrogens is 2. The van der Waals surface area contributed by atoms with Gasteiger partial charge in [0.25, 0.3) is 5.89 Å². The molecule has 0 aliphatic rings. The molecule has 148 valence electrons. The second-order valence-electron chi connectivity index (χ2n) is 5.57. The number of thiophene rings is 1. The molecule has 3 rings (SSSR count). The van der Waals surface area contributed by atoms with Crippen LogP contribution in [-0.2, 0) is 14.6 Å². The van der Waals surface area contributed by atoms with E-state index in [2.05, 4.69) is 15.5 Å². The Kier molecular flexibility index (Phi) is 6.33. The van der Waals surface area contributed by atoms with Gasteiger partial charge in [-0.1, -0.05) is 28.3 Å². The van der Waals surface area contributed by atoms with Crippen molar-refractivity contribution in [3.05, 3.63) is 44.8 Å². The predicted molar refractivity (Wildman–Crippen MR) is 104 cm³/mol. The van der Waals surface area contributed by atoms with Gasteiger partial charge in [0.2, 0.25) is 5.91 Å². The van der Waals surface area contributed by atoms with Crippen molar-refractivity contribution in [2.45, 2.75) is 17.7 Å². The number of carbonyl (C=O) groups is 1. The number of rotatable bonds is 7. The summed E-state index contributed by atoms with van der Waals surface area (Å²) in [5.41, 5.74) is 0.454. The second kappa shape index (κ2) is 8.56. The minimum absolute atomic E-state index is 0.00199. The van der Waals surface area contributed by atoms with Crippen molar-refractivity contribution in [2.75, 3.05) is 11.1 Å². The summed E-state index contributed by atoms with van der Waals surface area (Å²) in [5, 5.41) is 9.88. The lowest BCUT2D eigenvalue weighted by molar-refractivity contribution is -0.116. The first-order valence-corrected chi connectivity index (χ1v) is 11.0. The minimum atomic E-state index is -3.60. The van der Waals surface area contributed by atoms with Crippen LogP contribution in [-0.4, -0.2) is 30.3 Å². The maximum absolute atomic E-state index is 12.9. The van der Waals surface area contributed by atoms with Crippen molar-refractivity contribution in [3.63, 3.8) is 0 Å². The van der Waals surface area contributed by atoms with Crippen LogP contribution in [0.15, 0.2) is 39.6 Å². The Hall–Kier alpha value is -2.01. The maximum Gasteiger partial charge on any atom is 0.322 e. The van der Waals surface area contributed by atoms with E-state index >= 15 is 0 Å². The fourth-order valence-electron chi connectivity index (χ4n) is 2.23. The molecule has 3 aromatic rings. The fourth-order valence-corrected chi connectivity index (χ4v) is 4.99. The van der Waals surface area contributed by atoms with Crippen molar-refractivity contribution in [3.8, 4) is 11.5 Å². The Bertz CT molecular complexity index is 1100. The van der Waals surface area contributed by atoms with Crippen molar-refractivity contribution >= 4 is 56.3 Å². The topological polar surface area (TPSA) is 102 Å². The molecule has 0 radical (unpaired) electrons. The van der Waals surface area contributed by atoms with Crippen LogP contribution < -0.4 is 5.32 Å². The number of sulfone groups is 1. The van der Waals surface area contributed by atoms with Crippen LogP contribution in [0.3, 0.4) is 0 Å². The van der Waals surface area contributed by atoms with Gasteiger partial charge in [-0.15, -0.1) is 16.4 Å². The molecule has 0 saturated carbocycles. The largest absolute Gasteiger partial charge is 0.403 e. The Morgan fingerprint density at radius 3 is 2.57 bits per heavy atom. The van der Waals surface area contributed by atoms with E-state index in [1.54, 1.807) is 6.07 Å². The molecule has 2 heterocycles.